The molecule has 1 atom stereocenters. The molecule has 1 unspecified atom stereocenters. The highest BCUT2D eigenvalue weighted by Crippen LogP contribution is 2.10. The lowest BCUT2D eigenvalue weighted by Gasteiger charge is -2.09. The van der Waals surface area contributed by atoms with Crippen LogP contribution in [0.2, 0.25) is 0 Å². The van der Waals surface area contributed by atoms with E-state index in [1.54, 1.807) is 23.1 Å². The van der Waals surface area contributed by atoms with E-state index < -0.39 is 0 Å². The monoisotopic (exact) mass is 229 g/mol. The van der Waals surface area contributed by atoms with Gasteiger partial charge in [0.1, 0.15) is 6.33 Å². The van der Waals surface area contributed by atoms with Crippen LogP contribution in [0.3, 0.4) is 0 Å². The molecule has 0 radical (unpaired) electrons. The van der Waals surface area contributed by atoms with Crippen LogP contribution in [0.25, 0.3) is 10.8 Å². The van der Waals surface area contributed by atoms with Gasteiger partial charge in [0.2, 0.25) is 0 Å². The van der Waals surface area contributed by atoms with Crippen molar-refractivity contribution < 1.29 is 0 Å². The van der Waals surface area contributed by atoms with Crippen LogP contribution in [0.1, 0.15) is 18.8 Å². The van der Waals surface area contributed by atoms with Gasteiger partial charge in [0.15, 0.2) is 5.82 Å². The van der Waals surface area contributed by atoms with Crippen molar-refractivity contribution in [2.75, 3.05) is 6.67 Å². The Hall–Kier alpha value is -2.33. The minimum absolute atomic E-state index is 0.0876. The Bertz CT molecular complexity index is 513. The van der Waals surface area contributed by atoms with Crippen LogP contribution < -0.4 is 5.32 Å². The summed E-state index contributed by atoms with van der Waals surface area (Å²) in [5.41, 5.74) is 0. The van der Waals surface area contributed by atoms with Gasteiger partial charge in [-0.2, -0.15) is 9.78 Å². The van der Waals surface area contributed by atoms with Crippen LogP contribution >= 0.6 is 0 Å². The molecule has 0 spiro atoms. The van der Waals surface area contributed by atoms with E-state index in [1.807, 2.05) is 6.92 Å². The normalized spacial score (nSPS) is 12.0. The molecule has 0 aliphatic heterocycles. The largest absolute Gasteiger partial charge is 0.300 e. The summed E-state index contributed by atoms with van der Waals surface area (Å²) >= 11 is 0. The summed E-state index contributed by atoms with van der Waals surface area (Å²) in [6.45, 7) is 8.89. The van der Waals surface area contributed by atoms with Crippen molar-refractivity contribution >= 4 is 0 Å². The first-order chi connectivity index (χ1) is 8.33. The van der Waals surface area contributed by atoms with Crippen molar-refractivity contribution in [3.8, 4) is 5.95 Å². The van der Waals surface area contributed by atoms with Crippen molar-refractivity contribution in [1.29, 1.82) is 0 Å². The third-order valence-corrected chi connectivity index (χ3v) is 2.18. The maximum absolute atomic E-state index is 6.73. The molecule has 2 heterocycles. The summed E-state index contributed by atoms with van der Waals surface area (Å²) in [4.78, 5) is 15.6. The Morgan fingerprint density at radius 2 is 2.18 bits per heavy atom. The maximum Gasteiger partial charge on any atom is 0.268 e. The van der Waals surface area contributed by atoms with E-state index in [9.17, 15) is 0 Å². The van der Waals surface area contributed by atoms with E-state index >= 15 is 0 Å². The number of rotatable bonds is 4. The first-order valence-electron chi connectivity index (χ1n) is 5.07. The quantitative estimate of drug-likeness (QED) is 0.776. The Morgan fingerprint density at radius 1 is 1.41 bits per heavy atom. The van der Waals surface area contributed by atoms with Gasteiger partial charge in [0.05, 0.1) is 6.04 Å². The van der Waals surface area contributed by atoms with Gasteiger partial charge in [-0.3, -0.25) is 4.85 Å². The Morgan fingerprint density at radius 3 is 2.88 bits per heavy atom. The molecule has 7 heteroatoms. The number of hydrogen-bond acceptors (Lipinski definition) is 5. The lowest BCUT2D eigenvalue weighted by molar-refractivity contribution is 0.557. The predicted molar refractivity (Wildman–Crippen MR) is 60.0 cm³/mol. The third kappa shape index (κ3) is 2.43. The zero-order valence-electron chi connectivity index (χ0n) is 9.28. The zero-order chi connectivity index (χ0) is 12.1. The van der Waals surface area contributed by atoms with Crippen LogP contribution in [0.15, 0.2) is 24.8 Å². The number of nitrogens with one attached hydrogen (secondary N) is 1. The van der Waals surface area contributed by atoms with Gasteiger partial charge in [-0.25, -0.2) is 26.8 Å². The fourth-order valence-electron chi connectivity index (χ4n) is 1.37. The van der Waals surface area contributed by atoms with E-state index in [-0.39, 0.29) is 12.7 Å². The zero-order valence-corrected chi connectivity index (χ0v) is 9.28. The van der Waals surface area contributed by atoms with Gasteiger partial charge in [-0.05, 0) is 13.0 Å². The molecule has 0 aliphatic rings. The molecule has 17 heavy (non-hydrogen) atoms. The number of aromatic nitrogens is 5. The van der Waals surface area contributed by atoms with E-state index in [2.05, 4.69) is 30.2 Å². The van der Waals surface area contributed by atoms with Gasteiger partial charge < -0.3 is 0 Å². The minimum atomic E-state index is -0.0876. The second-order valence-electron chi connectivity index (χ2n) is 3.32. The maximum atomic E-state index is 6.73. The molecule has 0 bridgehead atoms. The molecule has 86 valence electrons. The summed E-state index contributed by atoms with van der Waals surface area (Å²) < 4.78 is 1.56. The van der Waals surface area contributed by atoms with E-state index in [0.717, 1.165) is 0 Å². The second-order valence-corrected chi connectivity index (χ2v) is 3.32. The minimum Gasteiger partial charge on any atom is -0.300 e. The summed E-state index contributed by atoms with van der Waals surface area (Å²) in [6.07, 6.45) is 4.73. The average molecular weight is 229 g/mol. The molecule has 7 nitrogen and oxygen atoms in total. The molecule has 0 aromatic carbocycles. The molecule has 1 N–H and O–H groups in total. The van der Waals surface area contributed by atoms with Gasteiger partial charge in [-0.1, -0.05) is 0 Å². The predicted octanol–water partition coefficient (Wildman–Crippen LogP) is 0.585. The standard InChI is InChI=1S/C10H11N7/c1-8(14-6-11-2)9-15-7-16-17(9)10-12-4-3-5-13-10/h3-5,7-8,14H,6H2,1H3. The Labute approximate surface area is 98.4 Å². The molecular weight excluding hydrogens is 218 g/mol. The van der Waals surface area contributed by atoms with Crippen molar-refractivity contribution in [2.24, 2.45) is 0 Å². The second kappa shape index (κ2) is 5.14. The van der Waals surface area contributed by atoms with Gasteiger partial charge in [0, 0.05) is 12.4 Å². The van der Waals surface area contributed by atoms with Crippen molar-refractivity contribution in [2.45, 2.75) is 13.0 Å². The van der Waals surface area contributed by atoms with Crippen LogP contribution in [-0.2, 0) is 0 Å². The Kier molecular flexibility index (Phi) is 3.37. The summed E-state index contributed by atoms with van der Waals surface area (Å²) in [6, 6.07) is 1.65. The van der Waals surface area contributed by atoms with Crippen LogP contribution in [0.5, 0.6) is 0 Å². The molecule has 0 fully saturated rings. The third-order valence-electron chi connectivity index (χ3n) is 2.18. The van der Waals surface area contributed by atoms with Crippen molar-refractivity contribution in [1.82, 2.24) is 30.0 Å². The van der Waals surface area contributed by atoms with Crippen LogP contribution in [0, 0.1) is 6.57 Å². The molecule has 0 saturated carbocycles. The highest BCUT2D eigenvalue weighted by atomic mass is 15.4. The summed E-state index contributed by atoms with van der Waals surface area (Å²) in [7, 11) is 0. The fourth-order valence-corrected chi connectivity index (χ4v) is 1.37. The molecule has 0 saturated heterocycles. The molecule has 2 rings (SSSR count). The highest BCUT2D eigenvalue weighted by Gasteiger charge is 2.15. The van der Waals surface area contributed by atoms with Crippen molar-refractivity contribution in [3.05, 3.63) is 42.0 Å². The number of nitrogens with zero attached hydrogens (tertiary/aromatic N) is 6. The summed E-state index contributed by atoms with van der Waals surface area (Å²) in [5, 5.41) is 7.09. The van der Waals surface area contributed by atoms with E-state index in [0.29, 0.717) is 11.8 Å². The average Bonchev–Trinajstić information content (AvgIpc) is 2.86. The van der Waals surface area contributed by atoms with E-state index in [4.69, 9.17) is 6.57 Å². The number of hydrogen-bond donors (Lipinski definition) is 1. The Balaban J connectivity index is 2.26. The van der Waals surface area contributed by atoms with Gasteiger partial charge >= 0.3 is 0 Å². The first kappa shape index (κ1) is 11.2. The lowest BCUT2D eigenvalue weighted by Crippen LogP contribution is -2.22. The van der Waals surface area contributed by atoms with Crippen LogP contribution in [-0.4, -0.2) is 31.4 Å². The topological polar surface area (TPSA) is 72.9 Å². The fraction of sp³-hybridized carbons (Fsp3) is 0.300. The van der Waals surface area contributed by atoms with E-state index in [1.165, 1.54) is 6.33 Å². The lowest BCUT2D eigenvalue weighted by atomic mass is 10.3. The first-order valence-corrected chi connectivity index (χ1v) is 5.07. The molecule has 0 aliphatic carbocycles. The molecule has 2 aromatic rings. The molecule has 2 aromatic heterocycles. The van der Waals surface area contributed by atoms with Crippen LogP contribution in [0.4, 0.5) is 0 Å². The highest BCUT2D eigenvalue weighted by molar-refractivity contribution is 5.11. The molecular formula is C10H11N7. The SMILES string of the molecule is [C-]#[N+]CNC(C)c1ncnn1-c1ncccn1. The van der Waals surface area contributed by atoms with Gasteiger partial charge in [0.25, 0.3) is 12.6 Å². The van der Waals surface area contributed by atoms with Gasteiger partial charge in [-0.15, -0.1) is 0 Å². The molecule has 0 amide bonds. The summed E-state index contributed by atoms with van der Waals surface area (Å²) in [5.74, 6) is 1.15. The van der Waals surface area contributed by atoms with Crippen molar-refractivity contribution in [3.63, 3.8) is 0 Å². The smallest absolute Gasteiger partial charge is 0.268 e.